The van der Waals surface area contributed by atoms with Crippen molar-refractivity contribution < 1.29 is 0 Å². The molecule has 1 fully saturated rings. The summed E-state index contributed by atoms with van der Waals surface area (Å²) in [5.74, 6) is 2.25. The first kappa shape index (κ1) is 11.4. The van der Waals surface area contributed by atoms with E-state index >= 15 is 0 Å². The molecule has 2 heteroatoms. The van der Waals surface area contributed by atoms with Gasteiger partial charge in [-0.25, -0.2) is 0 Å². The average Bonchev–Trinajstić information content (AvgIpc) is 2.55. The molecule has 1 N–H and O–H groups in total. The Balaban J connectivity index is 1.83. The third-order valence-corrected chi connectivity index (χ3v) is 3.93. The van der Waals surface area contributed by atoms with Gasteiger partial charge in [-0.2, -0.15) is 11.8 Å². The molecule has 0 aliphatic carbocycles. The number of thioether (sulfide) groups is 1. The molecule has 0 aromatic heterocycles. The van der Waals surface area contributed by atoms with Crippen LogP contribution in [0.3, 0.4) is 0 Å². The Labute approximate surface area is 87.1 Å². The van der Waals surface area contributed by atoms with Crippen molar-refractivity contribution >= 4 is 11.8 Å². The standard InChI is InChI=1S/C11H23NS/c1-10(2)5-3-7-12-9-11-6-4-8-13-11/h10-12H,3-9H2,1-2H3. The van der Waals surface area contributed by atoms with Gasteiger partial charge in [0.15, 0.2) is 0 Å². The predicted octanol–water partition coefficient (Wildman–Crippen LogP) is 2.91. The van der Waals surface area contributed by atoms with Gasteiger partial charge < -0.3 is 5.32 Å². The molecule has 1 rings (SSSR count). The van der Waals surface area contributed by atoms with Gasteiger partial charge in [-0.15, -0.1) is 0 Å². The van der Waals surface area contributed by atoms with Gasteiger partial charge in [0.25, 0.3) is 0 Å². The lowest BCUT2D eigenvalue weighted by Gasteiger charge is -2.10. The topological polar surface area (TPSA) is 12.0 Å². The lowest BCUT2D eigenvalue weighted by Crippen LogP contribution is -2.24. The summed E-state index contributed by atoms with van der Waals surface area (Å²) in [5.41, 5.74) is 0. The summed E-state index contributed by atoms with van der Waals surface area (Å²) in [7, 11) is 0. The summed E-state index contributed by atoms with van der Waals surface area (Å²) < 4.78 is 0. The molecule has 0 aromatic rings. The van der Waals surface area contributed by atoms with E-state index in [1.165, 1.54) is 44.5 Å². The SMILES string of the molecule is CC(C)CCCNCC1CCCS1. The highest BCUT2D eigenvalue weighted by molar-refractivity contribution is 8.00. The lowest BCUT2D eigenvalue weighted by atomic mass is 10.1. The van der Waals surface area contributed by atoms with Crippen molar-refractivity contribution in [1.82, 2.24) is 5.32 Å². The van der Waals surface area contributed by atoms with Crippen molar-refractivity contribution in [2.45, 2.75) is 44.8 Å². The number of hydrogen-bond acceptors (Lipinski definition) is 2. The minimum atomic E-state index is 0.864. The Kier molecular flexibility index (Phi) is 5.88. The van der Waals surface area contributed by atoms with Gasteiger partial charge in [0, 0.05) is 11.8 Å². The molecule has 0 radical (unpaired) electrons. The second-order valence-electron chi connectivity index (χ2n) is 4.38. The highest BCUT2D eigenvalue weighted by atomic mass is 32.2. The molecule has 1 aliphatic rings. The van der Waals surface area contributed by atoms with Crippen LogP contribution in [0.25, 0.3) is 0 Å². The largest absolute Gasteiger partial charge is 0.316 e. The van der Waals surface area contributed by atoms with Crippen LogP contribution in [0.1, 0.15) is 39.5 Å². The predicted molar refractivity (Wildman–Crippen MR) is 62.4 cm³/mol. The number of rotatable bonds is 6. The fourth-order valence-electron chi connectivity index (χ4n) is 1.70. The van der Waals surface area contributed by atoms with Crippen molar-refractivity contribution in [1.29, 1.82) is 0 Å². The molecule has 0 amide bonds. The van der Waals surface area contributed by atoms with E-state index in [9.17, 15) is 0 Å². The van der Waals surface area contributed by atoms with E-state index in [2.05, 4.69) is 30.9 Å². The van der Waals surface area contributed by atoms with Crippen LogP contribution in [0.4, 0.5) is 0 Å². The monoisotopic (exact) mass is 201 g/mol. The Bertz CT molecular complexity index is 119. The molecule has 1 heterocycles. The van der Waals surface area contributed by atoms with Crippen LogP contribution >= 0.6 is 11.8 Å². The van der Waals surface area contributed by atoms with Crippen molar-refractivity contribution in [2.24, 2.45) is 5.92 Å². The molecule has 1 saturated heterocycles. The number of nitrogens with one attached hydrogen (secondary N) is 1. The summed E-state index contributed by atoms with van der Waals surface area (Å²) in [6.07, 6.45) is 5.57. The molecule has 0 aromatic carbocycles. The first-order valence-corrected chi connectivity index (χ1v) is 6.66. The van der Waals surface area contributed by atoms with Gasteiger partial charge in [-0.3, -0.25) is 0 Å². The van der Waals surface area contributed by atoms with Crippen LogP contribution in [-0.4, -0.2) is 24.1 Å². The summed E-state index contributed by atoms with van der Waals surface area (Å²) in [6, 6.07) is 0. The van der Waals surface area contributed by atoms with E-state index < -0.39 is 0 Å². The zero-order valence-corrected chi connectivity index (χ0v) is 9.83. The Morgan fingerprint density at radius 2 is 2.31 bits per heavy atom. The van der Waals surface area contributed by atoms with Gasteiger partial charge in [0.2, 0.25) is 0 Å². The summed E-state index contributed by atoms with van der Waals surface area (Å²) in [6.45, 7) is 7.05. The van der Waals surface area contributed by atoms with E-state index in [-0.39, 0.29) is 0 Å². The minimum absolute atomic E-state index is 0.864. The average molecular weight is 201 g/mol. The van der Waals surface area contributed by atoms with Crippen LogP contribution < -0.4 is 5.32 Å². The van der Waals surface area contributed by atoms with Crippen molar-refractivity contribution in [3.05, 3.63) is 0 Å². The zero-order chi connectivity index (χ0) is 9.52. The van der Waals surface area contributed by atoms with Crippen LogP contribution in [-0.2, 0) is 0 Å². The molecule has 1 nitrogen and oxygen atoms in total. The minimum Gasteiger partial charge on any atom is -0.316 e. The quantitative estimate of drug-likeness (QED) is 0.663. The Hall–Kier alpha value is 0.310. The van der Waals surface area contributed by atoms with Crippen LogP contribution in [0.15, 0.2) is 0 Å². The Morgan fingerprint density at radius 1 is 1.46 bits per heavy atom. The maximum absolute atomic E-state index is 3.56. The van der Waals surface area contributed by atoms with Crippen LogP contribution in [0.2, 0.25) is 0 Å². The lowest BCUT2D eigenvalue weighted by molar-refractivity contribution is 0.524. The van der Waals surface area contributed by atoms with E-state index in [1.54, 1.807) is 0 Å². The van der Waals surface area contributed by atoms with Gasteiger partial charge in [-0.05, 0) is 43.9 Å². The van der Waals surface area contributed by atoms with E-state index in [1.807, 2.05) is 0 Å². The first-order valence-electron chi connectivity index (χ1n) is 5.61. The van der Waals surface area contributed by atoms with Crippen molar-refractivity contribution in [3.63, 3.8) is 0 Å². The summed E-state index contributed by atoms with van der Waals surface area (Å²) in [5, 5.41) is 4.48. The van der Waals surface area contributed by atoms with Gasteiger partial charge in [0.05, 0.1) is 0 Å². The number of hydrogen-bond donors (Lipinski definition) is 1. The van der Waals surface area contributed by atoms with Crippen LogP contribution in [0.5, 0.6) is 0 Å². The van der Waals surface area contributed by atoms with Gasteiger partial charge >= 0.3 is 0 Å². The molecule has 0 spiro atoms. The summed E-state index contributed by atoms with van der Waals surface area (Å²) in [4.78, 5) is 0. The third kappa shape index (κ3) is 5.58. The fourth-order valence-corrected chi connectivity index (χ4v) is 2.94. The molecule has 1 aliphatic heterocycles. The van der Waals surface area contributed by atoms with E-state index in [0.29, 0.717) is 0 Å². The van der Waals surface area contributed by atoms with Gasteiger partial charge in [0.1, 0.15) is 0 Å². The zero-order valence-electron chi connectivity index (χ0n) is 9.01. The third-order valence-electron chi connectivity index (χ3n) is 2.53. The molecular formula is C11H23NS. The highest BCUT2D eigenvalue weighted by Crippen LogP contribution is 2.25. The highest BCUT2D eigenvalue weighted by Gasteiger charge is 2.14. The molecule has 0 saturated carbocycles. The second-order valence-corrected chi connectivity index (χ2v) is 5.78. The fraction of sp³-hybridized carbons (Fsp3) is 1.00. The van der Waals surface area contributed by atoms with Gasteiger partial charge in [-0.1, -0.05) is 13.8 Å². The smallest absolute Gasteiger partial charge is 0.0172 e. The molecule has 13 heavy (non-hydrogen) atoms. The molecule has 1 atom stereocenters. The molecule has 78 valence electrons. The normalized spacial score (nSPS) is 22.8. The van der Waals surface area contributed by atoms with Crippen LogP contribution in [0, 0.1) is 5.92 Å². The van der Waals surface area contributed by atoms with E-state index in [4.69, 9.17) is 0 Å². The summed E-state index contributed by atoms with van der Waals surface area (Å²) >= 11 is 2.14. The second kappa shape index (κ2) is 6.72. The maximum atomic E-state index is 3.56. The molecule has 0 bridgehead atoms. The Morgan fingerprint density at radius 3 is 2.92 bits per heavy atom. The van der Waals surface area contributed by atoms with Crippen molar-refractivity contribution in [3.8, 4) is 0 Å². The molecule has 1 unspecified atom stereocenters. The maximum Gasteiger partial charge on any atom is 0.0172 e. The van der Waals surface area contributed by atoms with E-state index in [0.717, 1.165) is 11.2 Å². The van der Waals surface area contributed by atoms with Crippen molar-refractivity contribution in [2.75, 3.05) is 18.8 Å². The first-order chi connectivity index (χ1) is 6.29. The molecular weight excluding hydrogens is 178 g/mol.